The zero-order valence-electron chi connectivity index (χ0n) is 9.15. The van der Waals surface area contributed by atoms with E-state index in [1.807, 2.05) is 0 Å². The van der Waals surface area contributed by atoms with Gasteiger partial charge in [-0.2, -0.15) is 0 Å². The molecule has 0 unspecified atom stereocenters. The predicted octanol–water partition coefficient (Wildman–Crippen LogP) is 2.95. The van der Waals surface area contributed by atoms with Gasteiger partial charge in [0.1, 0.15) is 6.29 Å². The summed E-state index contributed by atoms with van der Waals surface area (Å²) < 4.78 is 0. The highest BCUT2D eigenvalue weighted by atomic mass is 32.2. The van der Waals surface area contributed by atoms with Gasteiger partial charge in [-0.1, -0.05) is 17.8 Å². The van der Waals surface area contributed by atoms with Gasteiger partial charge in [-0.15, -0.1) is 0 Å². The fourth-order valence-corrected chi connectivity index (χ4v) is 2.26. The largest absolute Gasteiger partial charge is 0.298 e. The molecule has 0 atom stereocenters. The molecule has 0 aliphatic heterocycles. The number of carbonyl (C=O) groups is 1. The molecular formula is C12H8N2O3S. The first-order valence-corrected chi connectivity index (χ1v) is 5.84. The third-order valence-electron chi connectivity index (χ3n) is 2.19. The minimum absolute atomic E-state index is 0.0681. The maximum Gasteiger partial charge on any atom is 0.283 e. The molecule has 2 aromatic rings. The van der Waals surface area contributed by atoms with E-state index in [2.05, 4.69) is 4.98 Å². The number of hydrogen-bond donors (Lipinski definition) is 0. The third-order valence-corrected chi connectivity index (χ3v) is 3.27. The number of aldehydes is 1. The van der Waals surface area contributed by atoms with E-state index in [1.54, 1.807) is 36.7 Å². The van der Waals surface area contributed by atoms with Crippen LogP contribution in [0.4, 0.5) is 5.69 Å². The Morgan fingerprint density at radius 1 is 1.22 bits per heavy atom. The highest BCUT2D eigenvalue weighted by Crippen LogP contribution is 2.34. The number of nitrogens with zero attached hydrogens (tertiary/aromatic N) is 2. The minimum Gasteiger partial charge on any atom is -0.298 e. The van der Waals surface area contributed by atoms with E-state index in [0.29, 0.717) is 16.7 Å². The normalized spacial score (nSPS) is 10.0. The van der Waals surface area contributed by atoms with E-state index < -0.39 is 4.92 Å². The van der Waals surface area contributed by atoms with Gasteiger partial charge in [-0.25, -0.2) is 0 Å². The van der Waals surface area contributed by atoms with Crippen molar-refractivity contribution >= 4 is 23.7 Å². The van der Waals surface area contributed by atoms with Crippen LogP contribution in [0.2, 0.25) is 0 Å². The van der Waals surface area contributed by atoms with Crippen LogP contribution in [0.5, 0.6) is 0 Å². The average Bonchev–Trinajstić information content (AvgIpc) is 2.40. The van der Waals surface area contributed by atoms with Crippen LogP contribution in [-0.4, -0.2) is 16.2 Å². The lowest BCUT2D eigenvalue weighted by Crippen LogP contribution is -1.92. The Morgan fingerprint density at radius 2 is 1.94 bits per heavy atom. The molecule has 1 heterocycles. The van der Waals surface area contributed by atoms with Gasteiger partial charge in [0.25, 0.3) is 5.69 Å². The molecule has 90 valence electrons. The van der Waals surface area contributed by atoms with Gasteiger partial charge in [0.2, 0.25) is 0 Å². The van der Waals surface area contributed by atoms with Crippen LogP contribution in [0, 0.1) is 10.1 Å². The summed E-state index contributed by atoms with van der Waals surface area (Å²) in [6.45, 7) is 0. The zero-order chi connectivity index (χ0) is 13.0. The van der Waals surface area contributed by atoms with Crippen molar-refractivity contribution in [1.29, 1.82) is 0 Å². The lowest BCUT2D eigenvalue weighted by atomic mass is 10.2. The molecule has 0 fully saturated rings. The monoisotopic (exact) mass is 260 g/mol. The molecule has 1 aromatic heterocycles. The number of rotatable bonds is 4. The standard InChI is InChI=1S/C12H8N2O3S/c15-8-9-1-2-12(11(7-9)14(16)17)18-10-3-5-13-6-4-10/h1-8H. The van der Waals surface area contributed by atoms with Crippen molar-refractivity contribution in [2.24, 2.45) is 0 Å². The van der Waals surface area contributed by atoms with Crippen LogP contribution in [0.25, 0.3) is 0 Å². The SMILES string of the molecule is O=Cc1ccc(Sc2ccncc2)c([N+](=O)[O-])c1. The fraction of sp³-hybridized carbons (Fsp3) is 0. The Kier molecular flexibility index (Phi) is 3.69. The zero-order valence-corrected chi connectivity index (χ0v) is 9.96. The van der Waals surface area contributed by atoms with Crippen LogP contribution in [0.1, 0.15) is 10.4 Å². The molecule has 0 saturated heterocycles. The summed E-state index contributed by atoms with van der Waals surface area (Å²) in [5.74, 6) is 0. The molecule has 5 nitrogen and oxygen atoms in total. The molecule has 0 amide bonds. The van der Waals surface area contributed by atoms with E-state index in [9.17, 15) is 14.9 Å². The third kappa shape index (κ3) is 2.72. The first-order chi connectivity index (χ1) is 8.70. The molecule has 2 rings (SSSR count). The Labute approximate surface area is 107 Å². The second-order valence-electron chi connectivity index (χ2n) is 3.39. The number of nitro benzene ring substituents is 1. The van der Waals surface area contributed by atoms with E-state index >= 15 is 0 Å². The van der Waals surface area contributed by atoms with Gasteiger partial charge in [-0.3, -0.25) is 19.9 Å². The lowest BCUT2D eigenvalue weighted by Gasteiger charge is -2.03. The Balaban J connectivity index is 2.38. The van der Waals surface area contributed by atoms with Crippen molar-refractivity contribution in [2.45, 2.75) is 9.79 Å². The highest BCUT2D eigenvalue weighted by molar-refractivity contribution is 7.99. The Hall–Kier alpha value is -2.21. The van der Waals surface area contributed by atoms with Crippen molar-refractivity contribution in [1.82, 2.24) is 4.98 Å². The van der Waals surface area contributed by atoms with E-state index in [1.165, 1.54) is 17.8 Å². The van der Waals surface area contributed by atoms with Crippen molar-refractivity contribution in [3.8, 4) is 0 Å². The van der Waals surface area contributed by atoms with Crippen LogP contribution in [0.15, 0.2) is 52.5 Å². The summed E-state index contributed by atoms with van der Waals surface area (Å²) in [6, 6.07) is 7.94. The van der Waals surface area contributed by atoms with Gasteiger partial charge in [0, 0.05) is 28.9 Å². The number of pyridine rings is 1. The average molecular weight is 260 g/mol. The smallest absolute Gasteiger partial charge is 0.283 e. The number of aromatic nitrogens is 1. The summed E-state index contributed by atoms with van der Waals surface area (Å²) in [5, 5.41) is 10.9. The second kappa shape index (κ2) is 5.42. The van der Waals surface area contributed by atoms with Crippen molar-refractivity contribution in [2.75, 3.05) is 0 Å². The molecule has 0 saturated carbocycles. The summed E-state index contributed by atoms with van der Waals surface area (Å²) in [6.07, 6.45) is 3.83. The summed E-state index contributed by atoms with van der Waals surface area (Å²) >= 11 is 1.26. The van der Waals surface area contributed by atoms with Crippen LogP contribution < -0.4 is 0 Å². The highest BCUT2D eigenvalue weighted by Gasteiger charge is 2.15. The number of nitro groups is 1. The van der Waals surface area contributed by atoms with Crippen molar-refractivity contribution < 1.29 is 9.72 Å². The van der Waals surface area contributed by atoms with Crippen LogP contribution in [-0.2, 0) is 0 Å². The van der Waals surface area contributed by atoms with Gasteiger partial charge in [-0.05, 0) is 18.2 Å². The minimum atomic E-state index is -0.490. The first-order valence-electron chi connectivity index (χ1n) is 5.02. The van der Waals surface area contributed by atoms with E-state index in [-0.39, 0.29) is 5.69 Å². The molecule has 0 radical (unpaired) electrons. The second-order valence-corrected chi connectivity index (χ2v) is 4.50. The van der Waals surface area contributed by atoms with Gasteiger partial charge < -0.3 is 0 Å². The molecular weight excluding hydrogens is 252 g/mol. The van der Waals surface area contributed by atoms with Gasteiger partial charge >= 0.3 is 0 Å². The van der Waals surface area contributed by atoms with Crippen molar-refractivity contribution in [3.05, 3.63) is 58.4 Å². The summed E-state index contributed by atoms with van der Waals surface area (Å²) in [5.41, 5.74) is 0.224. The molecule has 18 heavy (non-hydrogen) atoms. The maximum absolute atomic E-state index is 10.9. The van der Waals surface area contributed by atoms with Gasteiger partial charge in [0.05, 0.1) is 9.82 Å². The number of hydrogen-bond acceptors (Lipinski definition) is 5. The molecule has 0 N–H and O–H groups in total. The first kappa shape index (κ1) is 12.3. The number of carbonyl (C=O) groups excluding carboxylic acids is 1. The molecule has 0 aliphatic carbocycles. The Morgan fingerprint density at radius 3 is 2.56 bits per heavy atom. The van der Waals surface area contributed by atoms with Crippen LogP contribution >= 0.6 is 11.8 Å². The molecule has 1 aromatic carbocycles. The van der Waals surface area contributed by atoms with Gasteiger partial charge in [0.15, 0.2) is 0 Å². The van der Waals surface area contributed by atoms with E-state index in [4.69, 9.17) is 0 Å². The molecule has 0 spiro atoms. The summed E-state index contributed by atoms with van der Waals surface area (Å²) in [4.78, 5) is 26.3. The number of benzene rings is 1. The van der Waals surface area contributed by atoms with Crippen molar-refractivity contribution in [3.63, 3.8) is 0 Å². The maximum atomic E-state index is 10.9. The topological polar surface area (TPSA) is 73.1 Å². The van der Waals surface area contributed by atoms with Crippen LogP contribution in [0.3, 0.4) is 0 Å². The molecule has 6 heteroatoms. The molecule has 0 aliphatic rings. The summed E-state index contributed by atoms with van der Waals surface area (Å²) in [7, 11) is 0. The lowest BCUT2D eigenvalue weighted by molar-refractivity contribution is -0.387. The predicted molar refractivity (Wildman–Crippen MR) is 66.8 cm³/mol. The Bertz CT molecular complexity index is 587. The van der Waals surface area contributed by atoms with E-state index in [0.717, 1.165) is 4.90 Å². The fourth-order valence-electron chi connectivity index (χ4n) is 1.37. The molecule has 0 bridgehead atoms. The quantitative estimate of drug-likeness (QED) is 0.480.